The zero-order valence-corrected chi connectivity index (χ0v) is 12.1. The van der Waals surface area contributed by atoms with Crippen molar-refractivity contribution >= 4 is 16.8 Å². The highest BCUT2D eigenvalue weighted by Crippen LogP contribution is 2.27. The lowest BCUT2D eigenvalue weighted by molar-refractivity contribution is -0.132. The molecule has 1 aliphatic rings. The molecule has 0 saturated heterocycles. The lowest BCUT2D eigenvalue weighted by Crippen LogP contribution is -2.36. The first-order valence-corrected chi connectivity index (χ1v) is 7.38. The number of tetrazole rings is 1. The molecular weight excluding hydrogens is 280 g/mol. The number of hydrogen-bond donors (Lipinski definition) is 1. The number of aromatic amines is 1. The largest absolute Gasteiger partial charge is 0.357 e. The number of aromatic nitrogens is 5. The predicted molar refractivity (Wildman–Crippen MR) is 79.9 cm³/mol. The summed E-state index contributed by atoms with van der Waals surface area (Å²) in [6.45, 7) is 1.93. The smallest absolute Gasteiger partial charge is 0.224 e. The Bertz CT molecular complexity index is 807. The summed E-state index contributed by atoms with van der Waals surface area (Å²) in [7, 11) is 0. The maximum Gasteiger partial charge on any atom is 0.224 e. The normalized spacial score (nSPS) is 14.3. The van der Waals surface area contributed by atoms with Gasteiger partial charge in [-0.05, 0) is 28.5 Å². The Morgan fingerprint density at radius 2 is 2.23 bits per heavy atom. The molecule has 2 aromatic heterocycles. The van der Waals surface area contributed by atoms with Gasteiger partial charge in [0.25, 0.3) is 0 Å². The number of nitrogens with zero attached hydrogens (tertiary/aromatic N) is 5. The quantitative estimate of drug-likeness (QED) is 0.785. The van der Waals surface area contributed by atoms with Crippen molar-refractivity contribution < 1.29 is 4.79 Å². The van der Waals surface area contributed by atoms with Crippen LogP contribution in [0, 0.1) is 0 Å². The van der Waals surface area contributed by atoms with Crippen molar-refractivity contribution in [3.8, 4) is 0 Å². The number of para-hydroxylation sites is 1. The van der Waals surface area contributed by atoms with E-state index in [1.54, 1.807) is 4.68 Å². The highest BCUT2D eigenvalue weighted by molar-refractivity contribution is 5.85. The van der Waals surface area contributed by atoms with E-state index in [2.05, 4.69) is 38.7 Å². The standard InChI is InChI=1S/C15H16N6O/c22-15(6-8-21-10-16-18-19-21)20-7-5-12-11-3-1-2-4-13(11)17-14(12)9-20/h1-4,10,17H,5-9H2. The second kappa shape index (κ2) is 5.25. The molecular formula is C15H16N6O. The molecule has 3 aromatic rings. The Balaban J connectivity index is 1.48. The Morgan fingerprint density at radius 1 is 1.32 bits per heavy atom. The fourth-order valence-electron chi connectivity index (χ4n) is 3.06. The maximum atomic E-state index is 12.3. The topological polar surface area (TPSA) is 79.7 Å². The third-order valence-electron chi connectivity index (χ3n) is 4.18. The van der Waals surface area contributed by atoms with Gasteiger partial charge in [-0.2, -0.15) is 0 Å². The molecule has 7 nitrogen and oxygen atoms in total. The monoisotopic (exact) mass is 296 g/mol. The highest BCUT2D eigenvalue weighted by Gasteiger charge is 2.23. The minimum atomic E-state index is 0.139. The van der Waals surface area contributed by atoms with E-state index in [4.69, 9.17) is 0 Å². The van der Waals surface area contributed by atoms with E-state index in [-0.39, 0.29) is 5.91 Å². The fraction of sp³-hybridized carbons (Fsp3) is 0.333. The van der Waals surface area contributed by atoms with Gasteiger partial charge in [0.1, 0.15) is 6.33 Å². The van der Waals surface area contributed by atoms with E-state index >= 15 is 0 Å². The van der Waals surface area contributed by atoms with Crippen molar-refractivity contribution in [3.63, 3.8) is 0 Å². The van der Waals surface area contributed by atoms with Crippen molar-refractivity contribution in [2.45, 2.75) is 25.9 Å². The first kappa shape index (κ1) is 13.0. The summed E-state index contributed by atoms with van der Waals surface area (Å²) in [6.07, 6.45) is 2.84. The summed E-state index contributed by atoms with van der Waals surface area (Å²) in [5, 5.41) is 12.2. The Hall–Kier alpha value is -2.70. The van der Waals surface area contributed by atoms with E-state index in [1.807, 2.05) is 11.0 Å². The van der Waals surface area contributed by atoms with E-state index in [9.17, 15) is 4.79 Å². The van der Waals surface area contributed by atoms with Crippen molar-refractivity contribution in [1.82, 2.24) is 30.1 Å². The van der Waals surface area contributed by atoms with Gasteiger partial charge >= 0.3 is 0 Å². The molecule has 3 heterocycles. The first-order valence-electron chi connectivity index (χ1n) is 7.38. The number of carbonyl (C=O) groups excluding carboxylic acids is 1. The zero-order valence-electron chi connectivity index (χ0n) is 12.1. The van der Waals surface area contributed by atoms with Crippen LogP contribution < -0.4 is 0 Å². The molecule has 0 saturated carbocycles. The third-order valence-corrected chi connectivity index (χ3v) is 4.18. The molecule has 1 amide bonds. The number of H-pyrrole nitrogens is 1. The van der Waals surface area contributed by atoms with Crippen LogP contribution in [-0.4, -0.2) is 42.5 Å². The number of fused-ring (bicyclic) bond motifs is 3. The third kappa shape index (κ3) is 2.24. The molecule has 1 aliphatic heterocycles. The lowest BCUT2D eigenvalue weighted by Gasteiger charge is -2.27. The molecule has 0 atom stereocenters. The van der Waals surface area contributed by atoms with Crippen molar-refractivity contribution in [2.24, 2.45) is 0 Å². The van der Waals surface area contributed by atoms with Gasteiger partial charge in [0, 0.05) is 29.6 Å². The van der Waals surface area contributed by atoms with Gasteiger partial charge in [-0.3, -0.25) is 4.79 Å². The van der Waals surface area contributed by atoms with Crippen LogP contribution in [0.1, 0.15) is 17.7 Å². The van der Waals surface area contributed by atoms with Gasteiger partial charge < -0.3 is 9.88 Å². The SMILES string of the molecule is O=C(CCn1cnnn1)N1CCc2c([nH]c3ccccc23)C1. The summed E-state index contributed by atoms with van der Waals surface area (Å²) in [5.41, 5.74) is 3.65. The van der Waals surface area contributed by atoms with Gasteiger partial charge in [-0.1, -0.05) is 18.2 Å². The second-order valence-corrected chi connectivity index (χ2v) is 5.52. The fourth-order valence-corrected chi connectivity index (χ4v) is 3.06. The minimum absolute atomic E-state index is 0.139. The molecule has 112 valence electrons. The minimum Gasteiger partial charge on any atom is -0.357 e. The molecule has 1 N–H and O–H groups in total. The van der Waals surface area contributed by atoms with Gasteiger partial charge in [-0.25, -0.2) is 4.68 Å². The number of aryl methyl sites for hydroxylation is 1. The van der Waals surface area contributed by atoms with Crippen LogP contribution in [0.5, 0.6) is 0 Å². The molecule has 0 aliphatic carbocycles. The molecule has 0 radical (unpaired) electrons. The summed E-state index contributed by atoms with van der Waals surface area (Å²) in [6, 6.07) is 8.30. The molecule has 4 rings (SSSR count). The van der Waals surface area contributed by atoms with Crippen LogP contribution in [0.25, 0.3) is 10.9 Å². The van der Waals surface area contributed by atoms with Crippen molar-refractivity contribution in [2.75, 3.05) is 6.54 Å². The molecule has 1 aromatic carbocycles. The average Bonchev–Trinajstić information content (AvgIpc) is 3.19. The van der Waals surface area contributed by atoms with Crippen molar-refractivity contribution in [1.29, 1.82) is 0 Å². The molecule has 7 heteroatoms. The van der Waals surface area contributed by atoms with Crippen molar-refractivity contribution in [3.05, 3.63) is 41.9 Å². The summed E-state index contributed by atoms with van der Waals surface area (Å²) >= 11 is 0. The second-order valence-electron chi connectivity index (χ2n) is 5.52. The number of hydrogen-bond acceptors (Lipinski definition) is 4. The lowest BCUT2D eigenvalue weighted by atomic mass is 10.0. The van der Waals surface area contributed by atoms with Crippen LogP contribution in [0.4, 0.5) is 0 Å². The van der Waals surface area contributed by atoms with E-state index < -0.39 is 0 Å². The van der Waals surface area contributed by atoms with Crippen LogP contribution in [0.3, 0.4) is 0 Å². The van der Waals surface area contributed by atoms with Crippen LogP contribution in [-0.2, 0) is 24.3 Å². The summed E-state index contributed by atoms with van der Waals surface area (Å²) in [5.74, 6) is 0.139. The number of amides is 1. The number of carbonyl (C=O) groups is 1. The van der Waals surface area contributed by atoms with E-state index in [0.717, 1.165) is 24.2 Å². The van der Waals surface area contributed by atoms with Crippen LogP contribution >= 0.6 is 0 Å². The first-order chi connectivity index (χ1) is 10.8. The maximum absolute atomic E-state index is 12.3. The van der Waals surface area contributed by atoms with E-state index in [0.29, 0.717) is 19.5 Å². The highest BCUT2D eigenvalue weighted by atomic mass is 16.2. The van der Waals surface area contributed by atoms with Crippen LogP contribution in [0.2, 0.25) is 0 Å². The van der Waals surface area contributed by atoms with Gasteiger partial charge in [-0.15, -0.1) is 5.10 Å². The predicted octanol–water partition coefficient (Wildman–Crippen LogP) is 1.13. The van der Waals surface area contributed by atoms with Gasteiger partial charge in [0.05, 0.1) is 13.1 Å². The number of rotatable bonds is 3. The number of nitrogens with one attached hydrogen (secondary N) is 1. The Morgan fingerprint density at radius 3 is 3.09 bits per heavy atom. The molecule has 22 heavy (non-hydrogen) atoms. The molecule has 0 bridgehead atoms. The van der Waals surface area contributed by atoms with Gasteiger partial charge in [0.2, 0.25) is 5.91 Å². The van der Waals surface area contributed by atoms with Gasteiger partial charge in [0.15, 0.2) is 0 Å². The Labute approximate surface area is 126 Å². The summed E-state index contributed by atoms with van der Waals surface area (Å²) < 4.78 is 1.58. The molecule has 0 spiro atoms. The number of benzene rings is 1. The Kier molecular flexibility index (Phi) is 3.10. The van der Waals surface area contributed by atoms with E-state index in [1.165, 1.54) is 17.3 Å². The van der Waals surface area contributed by atoms with Crippen LogP contribution in [0.15, 0.2) is 30.6 Å². The average molecular weight is 296 g/mol. The molecule has 0 fully saturated rings. The zero-order chi connectivity index (χ0) is 14.9. The summed E-state index contributed by atoms with van der Waals surface area (Å²) in [4.78, 5) is 17.7. The molecule has 0 unspecified atom stereocenters.